The van der Waals surface area contributed by atoms with E-state index in [-0.39, 0.29) is 18.0 Å². The van der Waals surface area contributed by atoms with Crippen LogP contribution in [0.1, 0.15) is 45.6 Å². The lowest BCUT2D eigenvalue weighted by molar-refractivity contribution is -0.120. The van der Waals surface area contributed by atoms with Crippen LogP contribution < -0.4 is 10.2 Å². The zero-order valence-electron chi connectivity index (χ0n) is 12.3. The third kappa shape index (κ3) is 2.81. The van der Waals surface area contributed by atoms with Gasteiger partial charge in [-0.3, -0.25) is 4.79 Å². The highest BCUT2D eigenvalue weighted by molar-refractivity contribution is 5.98. The predicted molar refractivity (Wildman–Crippen MR) is 79.6 cm³/mol. The summed E-state index contributed by atoms with van der Waals surface area (Å²) < 4.78 is 0. The van der Waals surface area contributed by atoms with E-state index in [1.807, 2.05) is 24.0 Å². The first-order valence-electron chi connectivity index (χ1n) is 7.17. The molecule has 1 saturated heterocycles. The number of amides is 1. The van der Waals surface area contributed by atoms with Gasteiger partial charge in [-0.25, -0.2) is 0 Å². The number of rotatable bonds is 2. The average Bonchev–Trinajstić information content (AvgIpc) is 2.50. The second kappa shape index (κ2) is 5.74. The summed E-state index contributed by atoms with van der Waals surface area (Å²) in [5.41, 5.74) is 2.32. The fraction of sp³-hybridized carbons (Fsp3) is 0.562. The molecule has 3 heteroatoms. The second-order valence-electron chi connectivity index (χ2n) is 5.74. The molecule has 1 heterocycles. The van der Waals surface area contributed by atoms with Crippen LogP contribution >= 0.6 is 0 Å². The molecule has 3 nitrogen and oxygen atoms in total. The molecule has 1 aromatic carbocycles. The summed E-state index contributed by atoms with van der Waals surface area (Å²) in [5, 5.41) is 3.28. The molecule has 2 rings (SSSR count). The van der Waals surface area contributed by atoms with Crippen molar-refractivity contribution in [3.63, 3.8) is 0 Å². The van der Waals surface area contributed by atoms with E-state index in [0.717, 1.165) is 18.7 Å². The number of carbonyl (C=O) groups is 1. The normalized spacial score (nSPS) is 24.7. The highest BCUT2D eigenvalue weighted by atomic mass is 16.2. The summed E-state index contributed by atoms with van der Waals surface area (Å²) in [4.78, 5) is 14.6. The summed E-state index contributed by atoms with van der Waals surface area (Å²) in [6, 6.07) is 8.40. The van der Waals surface area contributed by atoms with Crippen LogP contribution in [0.5, 0.6) is 0 Å². The molecule has 1 aliphatic rings. The van der Waals surface area contributed by atoms with E-state index in [1.165, 1.54) is 5.56 Å². The standard InChI is InChI=1S/C16H24N2O/c1-11(2)14-7-5-6-8-15(14)18-12(3)9-10-17-13(4)16(18)19/h5-8,11-13,17H,9-10H2,1-4H3. The van der Waals surface area contributed by atoms with Gasteiger partial charge >= 0.3 is 0 Å². The summed E-state index contributed by atoms with van der Waals surface area (Å²) in [6.45, 7) is 9.33. The van der Waals surface area contributed by atoms with Gasteiger partial charge in [-0.2, -0.15) is 0 Å². The monoisotopic (exact) mass is 260 g/mol. The van der Waals surface area contributed by atoms with Crippen molar-refractivity contribution in [1.82, 2.24) is 5.32 Å². The van der Waals surface area contributed by atoms with Gasteiger partial charge in [0, 0.05) is 11.7 Å². The Kier molecular flexibility index (Phi) is 4.25. The van der Waals surface area contributed by atoms with E-state index in [9.17, 15) is 4.79 Å². The summed E-state index contributed by atoms with van der Waals surface area (Å²) in [7, 11) is 0. The third-order valence-corrected chi connectivity index (χ3v) is 3.88. The smallest absolute Gasteiger partial charge is 0.244 e. The molecule has 2 atom stereocenters. The fourth-order valence-corrected chi connectivity index (χ4v) is 2.70. The number of hydrogen-bond donors (Lipinski definition) is 1. The Bertz CT molecular complexity index is 456. The fourth-order valence-electron chi connectivity index (χ4n) is 2.70. The lowest BCUT2D eigenvalue weighted by atomic mass is 9.99. The molecular formula is C16H24N2O. The maximum Gasteiger partial charge on any atom is 0.244 e. The van der Waals surface area contributed by atoms with Gasteiger partial charge < -0.3 is 10.2 Å². The summed E-state index contributed by atoms with van der Waals surface area (Å²) >= 11 is 0. The van der Waals surface area contributed by atoms with E-state index in [2.05, 4.69) is 38.2 Å². The molecule has 1 aliphatic heterocycles. The molecular weight excluding hydrogens is 236 g/mol. The SMILES string of the molecule is CC1NCCC(C)N(c2ccccc2C(C)C)C1=O. The topological polar surface area (TPSA) is 32.3 Å². The Hall–Kier alpha value is -1.35. The molecule has 0 saturated carbocycles. The van der Waals surface area contributed by atoms with Crippen LogP contribution in [0.15, 0.2) is 24.3 Å². The molecule has 0 spiro atoms. The van der Waals surface area contributed by atoms with Gasteiger partial charge in [-0.1, -0.05) is 32.0 Å². The number of carbonyl (C=O) groups excluding carboxylic acids is 1. The van der Waals surface area contributed by atoms with Crippen molar-refractivity contribution in [2.45, 2.75) is 52.1 Å². The van der Waals surface area contributed by atoms with Crippen molar-refractivity contribution in [3.05, 3.63) is 29.8 Å². The van der Waals surface area contributed by atoms with Crippen LogP contribution in [0.3, 0.4) is 0 Å². The minimum absolute atomic E-state index is 0.106. The van der Waals surface area contributed by atoms with Crippen molar-refractivity contribution < 1.29 is 4.79 Å². The molecule has 1 amide bonds. The van der Waals surface area contributed by atoms with Gasteiger partial charge in [-0.05, 0) is 44.4 Å². The van der Waals surface area contributed by atoms with Gasteiger partial charge in [0.05, 0.1) is 6.04 Å². The minimum Gasteiger partial charge on any atom is -0.308 e. The van der Waals surface area contributed by atoms with Crippen LogP contribution in [-0.2, 0) is 4.79 Å². The first kappa shape index (κ1) is 14.1. The van der Waals surface area contributed by atoms with E-state index in [1.54, 1.807) is 0 Å². The zero-order chi connectivity index (χ0) is 14.0. The van der Waals surface area contributed by atoms with Gasteiger partial charge in [0.1, 0.15) is 0 Å². The molecule has 1 N–H and O–H groups in total. The minimum atomic E-state index is -0.106. The van der Waals surface area contributed by atoms with Crippen molar-refractivity contribution in [3.8, 4) is 0 Å². The average molecular weight is 260 g/mol. The van der Waals surface area contributed by atoms with Crippen molar-refractivity contribution >= 4 is 11.6 Å². The lowest BCUT2D eigenvalue weighted by Gasteiger charge is -2.31. The van der Waals surface area contributed by atoms with Gasteiger partial charge in [0.15, 0.2) is 0 Å². The van der Waals surface area contributed by atoms with Crippen LogP contribution in [0.25, 0.3) is 0 Å². The van der Waals surface area contributed by atoms with Crippen LogP contribution in [0, 0.1) is 0 Å². The number of benzene rings is 1. The number of nitrogens with zero attached hydrogens (tertiary/aromatic N) is 1. The maximum absolute atomic E-state index is 12.6. The molecule has 1 fully saturated rings. The molecule has 2 unspecified atom stereocenters. The molecule has 19 heavy (non-hydrogen) atoms. The zero-order valence-corrected chi connectivity index (χ0v) is 12.3. The van der Waals surface area contributed by atoms with Crippen LogP contribution in [0.2, 0.25) is 0 Å². The molecule has 0 aromatic heterocycles. The van der Waals surface area contributed by atoms with Gasteiger partial charge in [0.25, 0.3) is 0 Å². The number of anilines is 1. The van der Waals surface area contributed by atoms with E-state index >= 15 is 0 Å². The lowest BCUT2D eigenvalue weighted by Crippen LogP contribution is -2.45. The Morgan fingerprint density at radius 1 is 1.26 bits per heavy atom. The molecule has 0 aliphatic carbocycles. The molecule has 0 radical (unpaired) electrons. The van der Waals surface area contributed by atoms with Crippen molar-refractivity contribution in [2.24, 2.45) is 0 Å². The first-order valence-corrected chi connectivity index (χ1v) is 7.17. The highest BCUT2D eigenvalue weighted by Crippen LogP contribution is 2.30. The summed E-state index contributed by atoms with van der Waals surface area (Å²) in [6.07, 6.45) is 0.989. The number of para-hydroxylation sites is 1. The Morgan fingerprint density at radius 2 is 1.95 bits per heavy atom. The van der Waals surface area contributed by atoms with E-state index in [0.29, 0.717) is 5.92 Å². The quantitative estimate of drug-likeness (QED) is 0.886. The Balaban J connectivity index is 2.45. The predicted octanol–water partition coefficient (Wildman–Crippen LogP) is 2.91. The number of nitrogens with one attached hydrogen (secondary N) is 1. The van der Waals surface area contributed by atoms with Crippen LogP contribution in [0.4, 0.5) is 5.69 Å². The van der Waals surface area contributed by atoms with Crippen molar-refractivity contribution in [2.75, 3.05) is 11.4 Å². The second-order valence-corrected chi connectivity index (χ2v) is 5.74. The van der Waals surface area contributed by atoms with E-state index in [4.69, 9.17) is 0 Å². The van der Waals surface area contributed by atoms with Gasteiger partial charge in [0.2, 0.25) is 5.91 Å². The third-order valence-electron chi connectivity index (χ3n) is 3.88. The first-order chi connectivity index (χ1) is 9.02. The van der Waals surface area contributed by atoms with E-state index < -0.39 is 0 Å². The van der Waals surface area contributed by atoms with Crippen LogP contribution in [-0.4, -0.2) is 24.5 Å². The van der Waals surface area contributed by atoms with Crippen molar-refractivity contribution in [1.29, 1.82) is 0 Å². The Labute approximate surface area is 116 Å². The highest BCUT2D eigenvalue weighted by Gasteiger charge is 2.30. The number of hydrogen-bond acceptors (Lipinski definition) is 2. The van der Waals surface area contributed by atoms with Gasteiger partial charge in [-0.15, -0.1) is 0 Å². The maximum atomic E-state index is 12.6. The molecule has 0 bridgehead atoms. The Morgan fingerprint density at radius 3 is 2.63 bits per heavy atom. The molecule has 1 aromatic rings. The molecule has 104 valence electrons. The summed E-state index contributed by atoms with van der Waals surface area (Å²) in [5.74, 6) is 0.598. The largest absolute Gasteiger partial charge is 0.308 e.